The molecule has 0 aromatic heterocycles. The Morgan fingerprint density at radius 1 is 1.75 bits per heavy atom. The maximum Gasteiger partial charge on any atom is 0.303 e. The predicted molar refractivity (Wildman–Crippen MR) is 46.0 cm³/mol. The summed E-state index contributed by atoms with van der Waals surface area (Å²) in [5.74, 6) is -0.789. The molecule has 2 N–H and O–H groups in total. The summed E-state index contributed by atoms with van der Waals surface area (Å²) in [6.45, 7) is 1.87. The molecule has 0 radical (unpaired) electrons. The first-order chi connectivity index (χ1) is 5.62. The Morgan fingerprint density at radius 2 is 2.50 bits per heavy atom. The van der Waals surface area contributed by atoms with Crippen molar-refractivity contribution in [1.82, 2.24) is 5.32 Å². The van der Waals surface area contributed by atoms with Gasteiger partial charge in [0, 0.05) is 19.1 Å². The first kappa shape index (κ1) is 8.77. The number of carboxylic acid groups (broad SMARTS) is 1. The van der Waals surface area contributed by atoms with Gasteiger partial charge in [0.05, 0.1) is 0 Å². The number of aliphatic carboxylic acids is 1. The number of aliphatic imine (C=N–C) groups is 1. The van der Waals surface area contributed by atoms with Crippen molar-refractivity contribution in [3.05, 3.63) is 12.3 Å². The zero-order valence-electron chi connectivity index (χ0n) is 6.95. The summed E-state index contributed by atoms with van der Waals surface area (Å²) >= 11 is 0. The highest BCUT2D eigenvalue weighted by atomic mass is 16.4. The van der Waals surface area contributed by atoms with Crippen LogP contribution in [-0.2, 0) is 4.79 Å². The Morgan fingerprint density at radius 3 is 3.00 bits per heavy atom. The third-order valence-electron chi connectivity index (χ3n) is 1.76. The molecule has 1 aliphatic rings. The molecule has 4 nitrogen and oxygen atoms in total. The van der Waals surface area contributed by atoms with E-state index in [1.54, 1.807) is 18.5 Å². The fourth-order valence-corrected chi connectivity index (χ4v) is 1.00. The van der Waals surface area contributed by atoms with Gasteiger partial charge in [-0.3, -0.25) is 9.79 Å². The van der Waals surface area contributed by atoms with Crippen molar-refractivity contribution in [2.75, 3.05) is 0 Å². The van der Waals surface area contributed by atoms with Gasteiger partial charge in [0.15, 0.2) is 0 Å². The van der Waals surface area contributed by atoms with Crippen LogP contribution in [0.25, 0.3) is 0 Å². The smallest absolute Gasteiger partial charge is 0.303 e. The van der Waals surface area contributed by atoms with E-state index in [-0.39, 0.29) is 6.42 Å². The summed E-state index contributed by atoms with van der Waals surface area (Å²) < 4.78 is 0. The first-order valence-electron chi connectivity index (χ1n) is 3.82. The summed E-state index contributed by atoms with van der Waals surface area (Å²) in [5, 5.41) is 11.5. The molecule has 0 aliphatic carbocycles. The van der Waals surface area contributed by atoms with Crippen molar-refractivity contribution in [3.63, 3.8) is 0 Å². The van der Waals surface area contributed by atoms with E-state index < -0.39 is 11.6 Å². The molecule has 1 aliphatic heterocycles. The number of rotatable bonds is 3. The average molecular weight is 168 g/mol. The summed E-state index contributed by atoms with van der Waals surface area (Å²) in [5.41, 5.74) is -0.437. The van der Waals surface area contributed by atoms with E-state index in [2.05, 4.69) is 10.3 Å². The lowest BCUT2D eigenvalue weighted by Gasteiger charge is -2.26. The van der Waals surface area contributed by atoms with E-state index in [0.717, 1.165) is 0 Å². The lowest BCUT2D eigenvalue weighted by atomic mass is 10.1. The number of hydrogen-bond acceptors (Lipinski definition) is 3. The van der Waals surface area contributed by atoms with Crippen LogP contribution >= 0.6 is 0 Å². The minimum absolute atomic E-state index is 0.134. The fourth-order valence-electron chi connectivity index (χ4n) is 1.00. The van der Waals surface area contributed by atoms with Gasteiger partial charge in [0.1, 0.15) is 5.66 Å². The largest absolute Gasteiger partial charge is 0.481 e. The molecule has 1 unspecified atom stereocenters. The van der Waals surface area contributed by atoms with Crippen LogP contribution in [0.3, 0.4) is 0 Å². The molecule has 12 heavy (non-hydrogen) atoms. The molecule has 0 amide bonds. The predicted octanol–water partition coefficient (Wildman–Crippen LogP) is 0.755. The Kier molecular flexibility index (Phi) is 2.47. The van der Waals surface area contributed by atoms with E-state index in [9.17, 15) is 4.79 Å². The van der Waals surface area contributed by atoms with Crippen LogP contribution in [0.4, 0.5) is 0 Å². The average Bonchev–Trinajstić information content (AvgIpc) is 2.03. The second kappa shape index (κ2) is 3.38. The van der Waals surface area contributed by atoms with Gasteiger partial charge in [-0.15, -0.1) is 0 Å². The van der Waals surface area contributed by atoms with Crippen LogP contribution in [0.1, 0.15) is 19.8 Å². The molecule has 4 heteroatoms. The number of nitrogens with one attached hydrogen (secondary N) is 1. The topological polar surface area (TPSA) is 61.7 Å². The van der Waals surface area contributed by atoms with Gasteiger partial charge in [0.25, 0.3) is 0 Å². The number of carbonyl (C=O) groups is 1. The molecule has 66 valence electrons. The van der Waals surface area contributed by atoms with Crippen LogP contribution in [0.15, 0.2) is 17.3 Å². The molecule has 1 heterocycles. The minimum atomic E-state index is -0.789. The van der Waals surface area contributed by atoms with Crippen molar-refractivity contribution in [3.8, 4) is 0 Å². The van der Waals surface area contributed by atoms with Gasteiger partial charge in [-0.2, -0.15) is 0 Å². The Bertz CT molecular complexity index is 235. The van der Waals surface area contributed by atoms with E-state index >= 15 is 0 Å². The van der Waals surface area contributed by atoms with E-state index in [0.29, 0.717) is 6.42 Å². The van der Waals surface area contributed by atoms with E-state index in [1.807, 2.05) is 6.92 Å². The second-order valence-electron chi connectivity index (χ2n) is 2.95. The summed E-state index contributed by atoms with van der Waals surface area (Å²) in [7, 11) is 0. The molecule has 0 fully saturated rings. The fraction of sp³-hybridized carbons (Fsp3) is 0.500. The Hall–Kier alpha value is -1.32. The molecular formula is C8H12N2O2. The van der Waals surface area contributed by atoms with E-state index in [1.165, 1.54) is 0 Å². The van der Waals surface area contributed by atoms with Gasteiger partial charge >= 0.3 is 5.97 Å². The number of nitrogens with zero attached hydrogens (tertiary/aromatic N) is 1. The quantitative estimate of drug-likeness (QED) is 0.653. The first-order valence-corrected chi connectivity index (χ1v) is 3.82. The lowest BCUT2D eigenvalue weighted by molar-refractivity contribution is -0.137. The standard InChI is InChI=1S/C8H12N2O2/c1-8(4-3-7(11)12)9-5-2-6-10-8/h2,5-6,9H,3-4H2,1H3,(H,11,12). The van der Waals surface area contributed by atoms with Crippen LogP contribution in [-0.4, -0.2) is 23.0 Å². The SMILES string of the molecule is CC1(CCC(=O)O)N=CC=CN1. The van der Waals surface area contributed by atoms with Gasteiger partial charge in [-0.05, 0) is 19.2 Å². The summed E-state index contributed by atoms with van der Waals surface area (Å²) in [6, 6.07) is 0. The van der Waals surface area contributed by atoms with Crippen molar-refractivity contribution in [2.24, 2.45) is 4.99 Å². The van der Waals surface area contributed by atoms with Crippen LogP contribution in [0.2, 0.25) is 0 Å². The van der Waals surface area contributed by atoms with Crippen LogP contribution in [0, 0.1) is 0 Å². The zero-order valence-corrected chi connectivity index (χ0v) is 6.95. The van der Waals surface area contributed by atoms with Gasteiger partial charge in [0.2, 0.25) is 0 Å². The van der Waals surface area contributed by atoms with Crippen molar-refractivity contribution < 1.29 is 9.90 Å². The van der Waals surface area contributed by atoms with Crippen molar-refractivity contribution in [2.45, 2.75) is 25.4 Å². The molecule has 1 atom stereocenters. The third-order valence-corrected chi connectivity index (χ3v) is 1.76. The number of carboxylic acids is 1. The summed E-state index contributed by atoms with van der Waals surface area (Å²) in [6.07, 6.45) is 5.87. The minimum Gasteiger partial charge on any atom is -0.481 e. The highest BCUT2D eigenvalue weighted by Gasteiger charge is 2.22. The normalized spacial score (nSPS) is 26.8. The Labute approximate surface area is 71.0 Å². The molecule has 0 saturated carbocycles. The lowest BCUT2D eigenvalue weighted by Crippen LogP contribution is -2.39. The van der Waals surface area contributed by atoms with E-state index in [4.69, 9.17) is 5.11 Å². The molecule has 0 aromatic rings. The maximum absolute atomic E-state index is 10.3. The molecular weight excluding hydrogens is 156 g/mol. The van der Waals surface area contributed by atoms with Gasteiger partial charge in [-0.25, -0.2) is 0 Å². The third kappa shape index (κ3) is 2.38. The van der Waals surface area contributed by atoms with Gasteiger partial charge in [-0.1, -0.05) is 0 Å². The van der Waals surface area contributed by atoms with Crippen LogP contribution < -0.4 is 5.32 Å². The highest BCUT2D eigenvalue weighted by molar-refractivity contribution is 5.72. The highest BCUT2D eigenvalue weighted by Crippen LogP contribution is 2.15. The van der Waals surface area contributed by atoms with Gasteiger partial charge < -0.3 is 10.4 Å². The van der Waals surface area contributed by atoms with Crippen molar-refractivity contribution >= 4 is 12.2 Å². The number of hydrogen-bond donors (Lipinski definition) is 2. The molecule has 0 spiro atoms. The molecule has 0 aromatic carbocycles. The summed E-state index contributed by atoms with van der Waals surface area (Å²) in [4.78, 5) is 14.4. The zero-order chi connectivity index (χ0) is 9.03. The molecule has 0 saturated heterocycles. The Balaban J connectivity index is 2.44. The van der Waals surface area contributed by atoms with Crippen molar-refractivity contribution in [1.29, 1.82) is 0 Å². The monoisotopic (exact) mass is 168 g/mol. The number of allylic oxidation sites excluding steroid dienone is 1. The van der Waals surface area contributed by atoms with Crippen LogP contribution in [0.5, 0.6) is 0 Å². The maximum atomic E-state index is 10.3. The molecule has 1 rings (SSSR count). The second-order valence-corrected chi connectivity index (χ2v) is 2.95. The molecule has 0 bridgehead atoms.